The van der Waals surface area contributed by atoms with Gasteiger partial charge in [-0.25, -0.2) is 0 Å². The fraction of sp³-hybridized carbons (Fsp3) is 0.300. The third kappa shape index (κ3) is 3.48. The van der Waals surface area contributed by atoms with Crippen molar-refractivity contribution < 1.29 is 9.59 Å². The second-order valence-corrected chi connectivity index (χ2v) is 6.51. The quantitative estimate of drug-likeness (QED) is 0.931. The van der Waals surface area contributed by atoms with Crippen molar-refractivity contribution in [1.82, 2.24) is 0 Å². The Balaban J connectivity index is 1.65. The maximum absolute atomic E-state index is 12.5. The molecule has 4 nitrogen and oxygen atoms in total. The first-order valence-electron chi connectivity index (χ1n) is 8.31. The molecule has 0 aromatic heterocycles. The zero-order valence-corrected chi connectivity index (χ0v) is 14.0. The van der Waals surface area contributed by atoms with Crippen molar-refractivity contribution >= 4 is 23.2 Å². The summed E-state index contributed by atoms with van der Waals surface area (Å²) in [5.41, 5.74) is 2.85. The lowest BCUT2D eigenvalue weighted by Gasteiger charge is -2.16. The summed E-state index contributed by atoms with van der Waals surface area (Å²) in [6, 6.07) is 17.4. The van der Waals surface area contributed by atoms with E-state index in [-0.39, 0.29) is 24.2 Å². The highest BCUT2D eigenvalue weighted by Crippen LogP contribution is 2.26. The molecule has 1 aliphatic rings. The number of hydrogen-bond acceptors (Lipinski definition) is 2. The minimum Gasteiger partial charge on any atom is -0.326 e. The van der Waals surface area contributed by atoms with Gasteiger partial charge in [-0.1, -0.05) is 44.2 Å². The predicted octanol–water partition coefficient (Wildman–Crippen LogP) is 3.80. The Kier molecular flexibility index (Phi) is 4.65. The second kappa shape index (κ2) is 6.87. The highest BCUT2D eigenvalue weighted by Gasteiger charge is 2.35. The topological polar surface area (TPSA) is 49.4 Å². The van der Waals surface area contributed by atoms with Gasteiger partial charge in [0.25, 0.3) is 0 Å². The van der Waals surface area contributed by atoms with E-state index in [4.69, 9.17) is 0 Å². The van der Waals surface area contributed by atoms with Crippen LogP contribution in [0.4, 0.5) is 11.4 Å². The minimum atomic E-state index is -0.317. The molecule has 0 saturated carbocycles. The van der Waals surface area contributed by atoms with E-state index in [0.717, 1.165) is 11.4 Å². The third-order valence-corrected chi connectivity index (χ3v) is 4.41. The molecule has 2 amide bonds. The van der Waals surface area contributed by atoms with E-state index in [1.807, 2.05) is 54.6 Å². The first-order chi connectivity index (χ1) is 11.5. The van der Waals surface area contributed by atoms with Crippen molar-refractivity contribution in [2.45, 2.75) is 26.2 Å². The summed E-state index contributed by atoms with van der Waals surface area (Å²) in [6.45, 7) is 4.70. The largest absolute Gasteiger partial charge is 0.326 e. The van der Waals surface area contributed by atoms with E-state index < -0.39 is 0 Å². The first-order valence-corrected chi connectivity index (χ1v) is 8.31. The number of para-hydroxylation sites is 1. The number of anilines is 2. The third-order valence-electron chi connectivity index (χ3n) is 4.41. The van der Waals surface area contributed by atoms with E-state index in [2.05, 4.69) is 19.2 Å². The Morgan fingerprint density at radius 3 is 2.38 bits per heavy atom. The Labute approximate surface area is 142 Å². The lowest BCUT2D eigenvalue weighted by atomic mass is 10.0. The first kappa shape index (κ1) is 16.2. The number of nitrogens with zero attached hydrogens (tertiary/aromatic N) is 1. The molecular weight excluding hydrogens is 300 g/mol. The molecule has 4 heteroatoms. The molecule has 0 spiro atoms. The van der Waals surface area contributed by atoms with Crippen LogP contribution < -0.4 is 10.2 Å². The Morgan fingerprint density at radius 1 is 1.08 bits per heavy atom. The van der Waals surface area contributed by atoms with E-state index in [0.29, 0.717) is 12.5 Å². The SMILES string of the molecule is CC(C)c1ccc(NC(=O)[C@@H]2CC(=O)N(c3ccccc3)C2)cc1. The molecule has 0 radical (unpaired) electrons. The standard InChI is InChI=1S/C20H22N2O2/c1-14(2)15-8-10-17(11-9-15)21-20(24)16-12-19(23)22(13-16)18-6-4-3-5-7-18/h3-11,14,16H,12-13H2,1-2H3,(H,21,24)/t16-/m1/s1. The molecular formula is C20H22N2O2. The Hall–Kier alpha value is -2.62. The molecule has 1 fully saturated rings. The fourth-order valence-corrected chi connectivity index (χ4v) is 2.94. The van der Waals surface area contributed by atoms with Crippen LogP contribution in [0.15, 0.2) is 54.6 Å². The van der Waals surface area contributed by atoms with E-state index in [1.165, 1.54) is 5.56 Å². The molecule has 0 aliphatic carbocycles. The molecule has 1 atom stereocenters. The van der Waals surface area contributed by atoms with Gasteiger partial charge in [0.15, 0.2) is 0 Å². The van der Waals surface area contributed by atoms with Crippen molar-refractivity contribution in [2.75, 3.05) is 16.8 Å². The molecule has 24 heavy (non-hydrogen) atoms. The summed E-state index contributed by atoms with van der Waals surface area (Å²) < 4.78 is 0. The van der Waals surface area contributed by atoms with Gasteiger partial charge in [0.2, 0.25) is 11.8 Å². The summed E-state index contributed by atoms with van der Waals surface area (Å²) in [4.78, 5) is 26.4. The van der Waals surface area contributed by atoms with Crippen LogP contribution in [0.1, 0.15) is 31.7 Å². The monoisotopic (exact) mass is 322 g/mol. The molecule has 1 N–H and O–H groups in total. The number of hydrogen-bond donors (Lipinski definition) is 1. The summed E-state index contributed by atoms with van der Waals surface area (Å²) in [7, 11) is 0. The summed E-state index contributed by atoms with van der Waals surface area (Å²) >= 11 is 0. The van der Waals surface area contributed by atoms with E-state index in [1.54, 1.807) is 4.90 Å². The molecule has 0 bridgehead atoms. The van der Waals surface area contributed by atoms with Gasteiger partial charge in [0.1, 0.15) is 0 Å². The normalized spacial score (nSPS) is 17.4. The number of rotatable bonds is 4. The van der Waals surface area contributed by atoms with Crippen LogP contribution in [-0.2, 0) is 9.59 Å². The minimum absolute atomic E-state index is 0.00324. The number of nitrogens with one attached hydrogen (secondary N) is 1. The van der Waals surface area contributed by atoms with E-state index in [9.17, 15) is 9.59 Å². The zero-order chi connectivity index (χ0) is 17.1. The molecule has 1 heterocycles. The summed E-state index contributed by atoms with van der Waals surface area (Å²) in [6.07, 6.45) is 0.255. The average molecular weight is 322 g/mol. The number of amides is 2. The van der Waals surface area contributed by atoms with Gasteiger partial charge in [0, 0.05) is 24.3 Å². The fourth-order valence-electron chi connectivity index (χ4n) is 2.94. The Morgan fingerprint density at radius 2 is 1.75 bits per heavy atom. The summed E-state index contributed by atoms with van der Waals surface area (Å²) in [5, 5.41) is 2.92. The van der Waals surface area contributed by atoms with Crippen molar-refractivity contribution in [3.63, 3.8) is 0 Å². The molecule has 2 aromatic rings. The lowest BCUT2D eigenvalue weighted by molar-refractivity contribution is -0.122. The van der Waals surface area contributed by atoms with Gasteiger partial charge in [-0.2, -0.15) is 0 Å². The van der Waals surface area contributed by atoms with Gasteiger partial charge in [0.05, 0.1) is 5.92 Å². The van der Waals surface area contributed by atoms with Crippen LogP contribution in [0.25, 0.3) is 0 Å². The molecule has 0 unspecified atom stereocenters. The predicted molar refractivity (Wildman–Crippen MR) is 96.1 cm³/mol. The van der Waals surface area contributed by atoms with Crippen molar-refractivity contribution in [3.05, 3.63) is 60.2 Å². The van der Waals surface area contributed by atoms with Gasteiger partial charge in [-0.3, -0.25) is 9.59 Å². The van der Waals surface area contributed by atoms with E-state index >= 15 is 0 Å². The molecule has 124 valence electrons. The van der Waals surface area contributed by atoms with Crippen LogP contribution in [0.5, 0.6) is 0 Å². The highest BCUT2D eigenvalue weighted by molar-refractivity contribution is 6.03. The van der Waals surface area contributed by atoms with Crippen molar-refractivity contribution in [3.8, 4) is 0 Å². The van der Waals surface area contributed by atoms with Gasteiger partial charge >= 0.3 is 0 Å². The van der Waals surface area contributed by atoms with Crippen LogP contribution in [0.2, 0.25) is 0 Å². The highest BCUT2D eigenvalue weighted by atomic mass is 16.2. The van der Waals surface area contributed by atoms with Crippen LogP contribution in [0, 0.1) is 5.92 Å². The van der Waals surface area contributed by atoms with Crippen LogP contribution in [0.3, 0.4) is 0 Å². The molecule has 2 aromatic carbocycles. The number of carbonyl (C=O) groups excluding carboxylic acids is 2. The average Bonchev–Trinajstić information content (AvgIpc) is 2.98. The number of benzene rings is 2. The Bertz CT molecular complexity index is 723. The van der Waals surface area contributed by atoms with Gasteiger partial charge in [-0.15, -0.1) is 0 Å². The molecule has 1 saturated heterocycles. The second-order valence-electron chi connectivity index (χ2n) is 6.51. The smallest absolute Gasteiger partial charge is 0.229 e. The maximum Gasteiger partial charge on any atom is 0.229 e. The summed E-state index contributed by atoms with van der Waals surface area (Å²) in [5.74, 6) is 0.0414. The van der Waals surface area contributed by atoms with Crippen molar-refractivity contribution in [1.29, 1.82) is 0 Å². The van der Waals surface area contributed by atoms with Crippen molar-refractivity contribution in [2.24, 2.45) is 5.92 Å². The number of carbonyl (C=O) groups is 2. The van der Waals surface area contributed by atoms with Gasteiger partial charge < -0.3 is 10.2 Å². The van der Waals surface area contributed by atoms with Gasteiger partial charge in [-0.05, 0) is 35.7 Å². The molecule has 1 aliphatic heterocycles. The maximum atomic E-state index is 12.5. The molecule has 3 rings (SSSR count). The zero-order valence-electron chi connectivity index (χ0n) is 14.0. The lowest BCUT2D eigenvalue weighted by Crippen LogP contribution is -2.28. The van der Waals surface area contributed by atoms with Crippen LogP contribution in [-0.4, -0.2) is 18.4 Å². The van der Waals surface area contributed by atoms with Crippen LogP contribution >= 0.6 is 0 Å².